The van der Waals surface area contributed by atoms with Crippen LogP contribution in [0.25, 0.3) is 5.57 Å². The van der Waals surface area contributed by atoms with Crippen molar-refractivity contribution in [2.24, 2.45) is 0 Å². The van der Waals surface area contributed by atoms with Gasteiger partial charge < -0.3 is 10.4 Å². The summed E-state index contributed by atoms with van der Waals surface area (Å²) in [4.78, 5) is 24.4. The van der Waals surface area contributed by atoms with Gasteiger partial charge in [-0.3, -0.25) is 4.79 Å². The Labute approximate surface area is 169 Å². The van der Waals surface area contributed by atoms with Crippen molar-refractivity contribution < 1.29 is 27.9 Å². The molecule has 0 bridgehead atoms. The highest BCUT2D eigenvalue weighted by atomic mass is 19.2. The number of benzene rings is 3. The minimum atomic E-state index is -1.58. The van der Waals surface area contributed by atoms with Gasteiger partial charge in [0.1, 0.15) is 11.2 Å². The van der Waals surface area contributed by atoms with E-state index in [0.29, 0.717) is 16.7 Å². The van der Waals surface area contributed by atoms with Gasteiger partial charge in [-0.25, -0.2) is 18.0 Å². The van der Waals surface area contributed by atoms with Gasteiger partial charge >= 0.3 is 5.97 Å². The topological polar surface area (TPSA) is 66.4 Å². The van der Waals surface area contributed by atoms with Crippen LogP contribution >= 0.6 is 0 Å². The van der Waals surface area contributed by atoms with Crippen molar-refractivity contribution in [2.75, 3.05) is 5.32 Å². The molecule has 0 saturated heterocycles. The molecule has 0 aliphatic carbocycles. The highest BCUT2D eigenvalue weighted by Gasteiger charge is 2.51. The number of carboxylic acids is 1. The van der Waals surface area contributed by atoms with Crippen molar-refractivity contribution in [3.8, 4) is 0 Å². The monoisotopic (exact) mass is 409 g/mol. The lowest BCUT2D eigenvalue weighted by Crippen LogP contribution is -2.37. The fourth-order valence-corrected chi connectivity index (χ4v) is 3.80. The average Bonchev–Trinajstić information content (AvgIpc) is 3.04. The number of carboxylic acid groups (broad SMARTS) is 1. The number of fused-ring (bicyclic) bond motifs is 1. The Morgan fingerprint density at radius 2 is 1.47 bits per heavy atom. The number of halogens is 3. The Morgan fingerprint density at radius 1 is 0.900 bits per heavy atom. The highest BCUT2D eigenvalue weighted by Crippen LogP contribution is 2.48. The van der Waals surface area contributed by atoms with Gasteiger partial charge in [-0.1, -0.05) is 49.0 Å². The smallest absolute Gasteiger partial charge is 0.335 e. The predicted octanol–water partition coefficient (Wildman–Crippen LogP) is 4.49. The Morgan fingerprint density at radius 3 is 2.03 bits per heavy atom. The zero-order chi connectivity index (χ0) is 21.6. The van der Waals surface area contributed by atoms with E-state index < -0.39 is 34.7 Å². The number of aliphatic carboxylic acids is 1. The second-order valence-electron chi connectivity index (χ2n) is 6.86. The molecule has 150 valence electrons. The lowest BCUT2D eigenvalue weighted by atomic mass is 9.70. The molecule has 0 fully saturated rings. The third kappa shape index (κ3) is 2.70. The summed E-state index contributed by atoms with van der Waals surface area (Å²) in [5, 5.41) is 11.5. The van der Waals surface area contributed by atoms with Crippen LogP contribution < -0.4 is 5.32 Å². The molecule has 4 nitrogen and oxygen atoms in total. The van der Waals surface area contributed by atoms with Gasteiger partial charge in [-0.15, -0.1) is 0 Å². The Hall–Kier alpha value is -3.87. The van der Waals surface area contributed by atoms with E-state index in [1.54, 1.807) is 0 Å². The van der Waals surface area contributed by atoms with Crippen molar-refractivity contribution in [1.29, 1.82) is 0 Å². The van der Waals surface area contributed by atoms with Crippen LogP contribution in [-0.4, -0.2) is 17.0 Å². The van der Waals surface area contributed by atoms with Gasteiger partial charge in [0, 0.05) is 5.56 Å². The van der Waals surface area contributed by atoms with E-state index in [4.69, 9.17) is 5.11 Å². The van der Waals surface area contributed by atoms with Crippen LogP contribution in [0.15, 0.2) is 67.2 Å². The minimum absolute atomic E-state index is 0.137. The minimum Gasteiger partial charge on any atom is -0.478 e. The molecule has 0 spiro atoms. The summed E-state index contributed by atoms with van der Waals surface area (Å²) in [6.45, 7) is 3.50. The second kappa shape index (κ2) is 6.88. The summed E-state index contributed by atoms with van der Waals surface area (Å²) >= 11 is 0. The summed E-state index contributed by atoms with van der Waals surface area (Å²) in [5.41, 5.74) is -0.799. The number of carbonyl (C=O) groups is 2. The zero-order valence-corrected chi connectivity index (χ0v) is 15.4. The fourth-order valence-electron chi connectivity index (χ4n) is 3.80. The molecule has 3 aromatic carbocycles. The SMILES string of the molecule is C=C(C(=O)O)c1ccc(C2(c3ccc(F)cc3)C(=O)Nc3c2ccc(F)c3F)cc1. The van der Waals surface area contributed by atoms with E-state index in [1.165, 1.54) is 54.6 Å². The number of rotatable bonds is 4. The molecule has 1 amide bonds. The maximum absolute atomic E-state index is 14.4. The molecule has 2 N–H and O–H groups in total. The van der Waals surface area contributed by atoms with E-state index >= 15 is 0 Å². The molecule has 1 unspecified atom stereocenters. The normalized spacial score (nSPS) is 17.4. The van der Waals surface area contributed by atoms with Gasteiger partial charge in [0.25, 0.3) is 0 Å². The number of anilines is 1. The van der Waals surface area contributed by atoms with Gasteiger partial charge in [0.2, 0.25) is 5.91 Å². The Kier molecular flexibility index (Phi) is 4.46. The quantitative estimate of drug-likeness (QED) is 0.624. The number of nitrogens with one attached hydrogen (secondary N) is 1. The van der Waals surface area contributed by atoms with Gasteiger partial charge in [0.05, 0.1) is 11.3 Å². The molecule has 3 aromatic rings. The summed E-state index contributed by atoms with van der Waals surface area (Å²) in [6.07, 6.45) is 0. The van der Waals surface area contributed by atoms with E-state index in [9.17, 15) is 22.8 Å². The van der Waals surface area contributed by atoms with Crippen molar-refractivity contribution in [3.05, 3.63) is 107 Å². The Bertz CT molecular complexity index is 1200. The maximum Gasteiger partial charge on any atom is 0.335 e. The van der Waals surface area contributed by atoms with Crippen LogP contribution in [0.4, 0.5) is 18.9 Å². The molecule has 1 aliphatic rings. The highest BCUT2D eigenvalue weighted by molar-refractivity contribution is 6.15. The first-order valence-electron chi connectivity index (χ1n) is 8.86. The van der Waals surface area contributed by atoms with E-state index in [0.717, 1.165) is 6.07 Å². The molecule has 1 atom stereocenters. The summed E-state index contributed by atoms with van der Waals surface area (Å²) in [5.74, 6) is -4.67. The number of amides is 1. The number of hydrogen-bond acceptors (Lipinski definition) is 2. The van der Waals surface area contributed by atoms with Crippen LogP contribution in [0.3, 0.4) is 0 Å². The summed E-state index contributed by atoms with van der Waals surface area (Å²) in [7, 11) is 0. The first-order chi connectivity index (χ1) is 14.3. The van der Waals surface area contributed by atoms with Crippen molar-refractivity contribution in [2.45, 2.75) is 5.41 Å². The van der Waals surface area contributed by atoms with Crippen LogP contribution in [-0.2, 0) is 15.0 Å². The lowest BCUT2D eigenvalue weighted by molar-refractivity contribution is -0.130. The molecule has 30 heavy (non-hydrogen) atoms. The van der Waals surface area contributed by atoms with Crippen LogP contribution in [0.5, 0.6) is 0 Å². The van der Waals surface area contributed by atoms with Crippen LogP contribution in [0.2, 0.25) is 0 Å². The second-order valence-corrected chi connectivity index (χ2v) is 6.86. The first kappa shape index (κ1) is 19.4. The van der Waals surface area contributed by atoms with Gasteiger partial charge in [0.15, 0.2) is 11.6 Å². The molecular formula is C23H14F3NO3. The maximum atomic E-state index is 14.4. The molecule has 0 saturated carbocycles. The lowest BCUT2D eigenvalue weighted by Gasteiger charge is -2.29. The van der Waals surface area contributed by atoms with Crippen LogP contribution in [0, 0.1) is 17.5 Å². The molecule has 1 aliphatic heterocycles. The summed E-state index contributed by atoms with van der Waals surface area (Å²) < 4.78 is 41.8. The predicted molar refractivity (Wildman–Crippen MR) is 104 cm³/mol. The number of hydrogen-bond donors (Lipinski definition) is 2. The average molecular weight is 409 g/mol. The third-order valence-electron chi connectivity index (χ3n) is 5.28. The fraction of sp³-hybridized carbons (Fsp3) is 0.0435. The number of carbonyl (C=O) groups excluding carboxylic acids is 1. The van der Waals surface area contributed by atoms with E-state index in [-0.39, 0.29) is 16.8 Å². The van der Waals surface area contributed by atoms with Gasteiger partial charge in [-0.2, -0.15) is 0 Å². The zero-order valence-electron chi connectivity index (χ0n) is 15.4. The summed E-state index contributed by atoms with van der Waals surface area (Å²) in [6, 6.07) is 13.3. The molecule has 0 aromatic heterocycles. The molecule has 4 rings (SSSR count). The molecule has 1 heterocycles. The van der Waals surface area contributed by atoms with Crippen molar-refractivity contribution >= 4 is 23.1 Å². The van der Waals surface area contributed by atoms with Crippen LogP contribution in [0.1, 0.15) is 22.3 Å². The Balaban J connectivity index is 1.99. The first-order valence-corrected chi connectivity index (χ1v) is 8.86. The van der Waals surface area contributed by atoms with E-state index in [1.807, 2.05) is 0 Å². The van der Waals surface area contributed by atoms with E-state index in [2.05, 4.69) is 11.9 Å². The largest absolute Gasteiger partial charge is 0.478 e. The molecular weight excluding hydrogens is 395 g/mol. The third-order valence-corrected chi connectivity index (χ3v) is 5.28. The molecule has 7 heteroatoms. The standard InChI is InChI=1S/C23H14F3NO3/c1-12(21(28)29)13-2-4-14(5-3-13)23(15-6-8-16(24)9-7-15)17-10-11-18(25)19(26)20(17)27-22(23)30/h2-11H,1H2,(H,27,30)(H,28,29). The van der Waals surface area contributed by atoms with Crippen molar-refractivity contribution in [3.63, 3.8) is 0 Å². The van der Waals surface area contributed by atoms with Gasteiger partial charge in [-0.05, 0) is 34.9 Å². The van der Waals surface area contributed by atoms with Crippen molar-refractivity contribution in [1.82, 2.24) is 0 Å². The molecule has 0 radical (unpaired) electrons.